The van der Waals surface area contributed by atoms with Gasteiger partial charge in [0.05, 0.1) is 6.61 Å². The first-order valence-corrected chi connectivity index (χ1v) is 9.72. The number of allylic oxidation sites excluding steroid dienone is 2. The SMILES string of the molecule is CCOC(=O)[C@@H]1C(=O)C=C(c2ccc3ccccc3c2)C[C@H]1c1ccc(F)cc1. The van der Waals surface area contributed by atoms with Crippen molar-refractivity contribution in [3.8, 4) is 0 Å². The molecule has 0 amide bonds. The normalized spacial score (nSPS) is 19.1. The maximum atomic E-state index is 13.4. The molecule has 0 saturated carbocycles. The van der Waals surface area contributed by atoms with Crippen molar-refractivity contribution < 1.29 is 18.7 Å². The summed E-state index contributed by atoms with van der Waals surface area (Å²) in [6.07, 6.45) is 2.06. The van der Waals surface area contributed by atoms with Gasteiger partial charge in [0.2, 0.25) is 0 Å². The van der Waals surface area contributed by atoms with E-state index in [-0.39, 0.29) is 18.2 Å². The molecule has 0 saturated heterocycles. The van der Waals surface area contributed by atoms with Crippen LogP contribution in [0.5, 0.6) is 0 Å². The third-order valence-electron chi connectivity index (χ3n) is 5.42. The molecule has 1 aliphatic rings. The highest BCUT2D eigenvalue weighted by atomic mass is 19.1. The quantitative estimate of drug-likeness (QED) is 0.450. The Labute approximate surface area is 168 Å². The average molecular weight is 388 g/mol. The van der Waals surface area contributed by atoms with Crippen molar-refractivity contribution in [3.05, 3.63) is 89.8 Å². The molecule has 146 valence electrons. The molecule has 1 aliphatic carbocycles. The lowest BCUT2D eigenvalue weighted by Crippen LogP contribution is -2.34. The Balaban J connectivity index is 1.76. The molecule has 0 bridgehead atoms. The summed E-state index contributed by atoms with van der Waals surface area (Å²) < 4.78 is 18.6. The first-order chi connectivity index (χ1) is 14.1. The van der Waals surface area contributed by atoms with Crippen LogP contribution in [0.25, 0.3) is 16.3 Å². The Hall–Kier alpha value is -3.27. The van der Waals surface area contributed by atoms with Crippen LogP contribution in [0.2, 0.25) is 0 Å². The van der Waals surface area contributed by atoms with Gasteiger partial charge in [0.25, 0.3) is 0 Å². The summed E-state index contributed by atoms with van der Waals surface area (Å²) in [6, 6.07) is 20.1. The molecule has 29 heavy (non-hydrogen) atoms. The van der Waals surface area contributed by atoms with Crippen LogP contribution >= 0.6 is 0 Å². The standard InChI is InChI=1S/C25H21FO3/c1-2-29-25(28)24-22(17-9-11-21(26)12-10-17)14-20(15-23(24)27)19-8-7-16-5-3-4-6-18(16)13-19/h3-13,15,22,24H,2,14H2,1H3/t22-,24-/m0/s1. The van der Waals surface area contributed by atoms with Gasteiger partial charge in [0.1, 0.15) is 11.7 Å². The van der Waals surface area contributed by atoms with E-state index in [1.54, 1.807) is 25.1 Å². The zero-order valence-electron chi connectivity index (χ0n) is 16.1. The number of fused-ring (bicyclic) bond motifs is 1. The topological polar surface area (TPSA) is 43.4 Å². The minimum Gasteiger partial charge on any atom is -0.465 e. The zero-order chi connectivity index (χ0) is 20.4. The van der Waals surface area contributed by atoms with Gasteiger partial charge in [0, 0.05) is 5.92 Å². The van der Waals surface area contributed by atoms with E-state index in [2.05, 4.69) is 6.07 Å². The van der Waals surface area contributed by atoms with Crippen molar-refractivity contribution in [1.82, 2.24) is 0 Å². The molecule has 3 aromatic rings. The Morgan fingerprint density at radius 1 is 1.03 bits per heavy atom. The summed E-state index contributed by atoms with van der Waals surface area (Å²) in [6.45, 7) is 1.93. The second-order valence-corrected chi connectivity index (χ2v) is 7.23. The third kappa shape index (κ3) is 3.83. The fraction of sp³-hybridized carbons (Fsp3) is 0.200. The van der Waals surface area contributed by atoms with Crippen LogP contribution in [0.1, 0.15) is 30.4 Å². The molecule has 0 heterocycles. The number of carbonyl (C=O) groups is 2. The molecule has 0 N–H and O–H groups in total. The van der Waals surface area contributed by atoms with Crippen LogP contribution in [0.3, 0.4) is 0 Å². The van der Waals surface area contributed by atoms with Gasteiger partial charge in [-0.25, -0.2) is 4.39 Å². The predicted molar refractivity (Wildman–Crippen MR) is 111 cm³/mol. The van der Waals surface area contributed by atoms with Crippen LogP contribution < -0.4 is 0 Å². The highest BCUT2D eigenvalue weighted by Crippen LogP contribution is 2.40. The van der Waals surface area contributed by atoms with Crippen molar-refractivity contribution in [2.45, 2.75) is 19.3 Å². The number of benzene rings is 3. The Morgan fingerprint density at radius 2 is 1.76 bits per heavy atom. The van der Waals surface area contributed by atoms with Gasteiger partial charge in [-0.1, -0.05) is 48.5 Å². The number of hydrogen-bond acceptors (Lipinski definition) is 3. The highest BCUT2D eigenvalue weighted by Gasteiger charge is 2.39. The molecule has 0 aliphatic heterocycles. The van der Waals surface area contributed by atoms with Crippen molar-refractivity contribution >= 4 is 28.1 Å². The first kappa shape index (κ1) is 19.1. The van der Waals surface area contributed by atoms with E-state index in [0.29, 0.717) is 6.42 Å². The van der Waals surface area contributed by atoms with Crippen molar-refractivity contribution in [3.63, 3.8) is 0 Å². The van der Waals surface area contributed by atoms with E-state index in [1.165, 1.54) is 12.1 Å². The molecule has 3 aromatic carbocycles. The number of hydrogen-bond donors (Lipinski definition) is 0. The molecule has 0 radical (unpaired) electrons. The number of rotatable bonds is 4. The number of halogens is 1. The van der Waals surface area contributed by atoms with Crippen molar-refractivity contribution in [1.29, 1.82) is 0 Å². The maximum Gasteiger partial charge on any atom is 0.317 e. The molecule has 0 aromatic heterocycles. The monoisotopic (exact) mass is 388 g/mol. The van der Waals surface area contributed by atoms with E-state index < -0.39 is 17.8 Å². The second-order valence-electron chi connectivity index (χ2n) is 7.23. The number of esters is 1. The lowest BCUT2D eigenvalue weighted by Gasteiger charge is -2.29. The van der Waals surface area contributed by atoms with Crippen molar-refractivity contribution in [2.24, 2.45) is 5.92 Å². The van der Waals surface area contributed by atoms with Crippen LogP contribution in [0.15, 0.2) is 72.8 Å². The minimum absolute atomic E-state index is 0.208. The molecule has 4 rings (SSSR count). The highest BCUT2D eigenvalue weighted by molar-refractivity contribution is 6.11. The molecule has 4 heteroatoms. The van der Waals surface area contributed by atoms with E-state index in [9.17, 15) is 14.0 Å². The third-order valence-corrected chi connectivity index (χ3v) is 5.42. The largest absolute Gasteiger partial charge is 0.465 e. The zero-order valence-corrected chi connectivity index (χ0v) is 16.1. The smallest absolute Gasteiger partial charge is 0.317 e. The fourth-order valence-electron chi connectivity index (χ4n) is 4.00. The first-order valence-electron chi connectivity index (χ1n) is 9.72. The summed E-state index contributed by atoms with van der Waals surface area (Å²) >= 11 is 0. The van der Waals surface area contributed by atoms with Gasteiger partial charge in [-0.05, 0) is 65.1 Å². The second kappa shape index (κ2) is 8.00. The maximum absolute atomic E-state index is 13.4. The summed E-state index contributed by atoms with van der Waals surface area (Å²) in [7, 11) is 0. The summed E-state index contributed by atoms with van der Waals surface area (Å²) in [5, 5.41) is 2.21. The number of carbonyl (C=O) groups excluding carboxylic acids is 2. The minimum atomic E-state index is -0.912. The van der Waals surface area contributed by atoms with Crippen molar-refractivity contribution in [2.75, 3.05) is 6.61 Å². The fourth-order valence-corrected chi connectivity index (χ4v) is 4.00. The van der Waals surface area contributed by atoms with Gasteiger partial charge in [0.15, 0.2) is 5.78 Å². The van der Waals surface area contributed by atoms with Gasteiger partial charge in [-0.15, -0.1) is 0 Å². The van der Waals surface area contributed by atoms with Crippen LogP contribution in [0.4, 0.5) is 4.39 Å². The lowest BCUT2D eigenvalue weighted by atomic mass is 9.73. The summed E-state index contributed by atoms with van der Waals surface area (Å²) in [4.78, 5) is 25.5. The van der Waals surface area contributed by atoms with E-state index in [1.807, 2.05) is 36.4 Å². The summed E-state index contributed by atoms with van der Waals surface area (Å²) in [5.41, 5.74) is 2.58. The molecule has 2 atom stereocenters. The van der Waals surface area contributed by atoms with Gasteiger partial charge < -0.3 is 4.74 Å². The molecule has 0 unspecified atom stereocenters. The lowest BCUT2D eigenvalue weighted by molar-refractivity contribution is -0.151. The number of ketones is 1. The van der Waals surface area contributed by atoms with Crippen LogP contribution in [0, 0.1) is 11.7 Å². The molecular formula is C25H21FO3. The average Bonchev–Trinajstić information content (AvgIpc) is 2.73. The van der Waals surface area contributed by atoms with E-state index >= 15 is 0 Å². The Bertz CT molecular complexity index is 1100. The Kier molecular flexibility index (Phi) is 5.26. The predicted octanol–water partition coefficient (Wildman–Crippen LogP) is 5.30. The molecule has 0 spiro atoms. The van der Waals surface area contributed by atoms with Crippen LogP contribution in [-0.4, -0.2) is 18.4 Å². The Morgan fingerprint density at radius 3 is 2.48 bits per heavy atom. The molecule has 3 nitrogen and oxygen atoms in total. The van der Waals surface area contributed by atoms with Crippen LogP contribution in [-0.2, 0) is 14.3 Å². The van der Waals surface area contributed by atoms with Gasteiger partial charge in [-0.2, -0.15) is 0 Å². The molecular weight excluding hydrogens is 367 g/mol. The van der Waals surface area contributed by atoms with Gasteiger partial charge in [-0.3, -0.25) is 9.59 Å². The van der Waals surface area contributed by atoms with E-state index in [0.717, 1.165) is 27.5 Å². The number of ether oxygens (including phenoxy) is 1. The summed E-state index contributed by atoms with van der Waals surface area (Å²) in [5.74, 6) is -2.46. The van der Waals surface area contributed by atoms with E-state index in [4.69, 9.17) is 4.74 Å². The van der Waals surface area contributed by atoms with Gasteiger partial charge >= 0.3 is 5.97 Å². The molecule has 0 fully saturated rings.